The normalized spacial score (nSPS) is 19.2. The van der Waals surface area contributed by atoms with Gasteiger partial charge in [-0.25, -0.2) is 0 Å². The van der Waals surface area contributed by atoms with Crippen molar-refractivity contribution in [3.63, 3.8) is 0 Å². The van der Waals surface area contributed by atoms with Crippen LogP contribution in [0.15, 0.2) is 0 Å². The maximum absolute atomic E-state index is 11.6. The highest BCUT2D eigenvalue weighted by Crippen LogP contribution is 2.48. The fourth-order valence-corrected chi connectivity index (χ4v) is 1.89. The van der Waals surface area contributed by atoms with Crippen LogP contribution in [-0.2, 0) is 4.74 Å². The summed E-state index contributed by atoms with van der Waals surface area (Å²) in [5.74, 6) is 0.612. The van der Waals surface area contributed by atoms with E-state index < -0.39 is 6.36 Å². The Labute approximate surface area is 92.1 Å². The molecule has 1 aliphatic rings. The van der Waals surface area contributed by atoms with Crippen molar-refractivity contribution in [2.75, 3.05) is 25.6 Å². The largest absolute Gasteiger partial charge is 0.522 e. The van der Waals surface area contributed by atoms with Gasteiger partial charge < -0.3 is 5.32 Å². The summed E-state index contributed by atoms with van der Waals surface area (Å²) in [6.07, 6.45) is -1.35. The first kappa shape index (κ1) is 13.1. The molecule has 0 atom stereocenters. The molecule has 2 nitrogen and oxygen atoms in total. The predicted molar refractivity (Wildman–Crippen MR) is 51.9 cm³/mol. The monoisotopic (exact) mass is 245 g/mol. The van der Waals surface area contributed by atoms with Crippen LogP contribution in [0.4, 0.5) is 13.2 Å². The fourth-order valence-electron chi connectivity index (χ4n) is 1.48. The molecule has 0 aliphatic heterocycles. The Bertz CT molecular complexity index is 194. The molecule has 1 rings (SSSR count). The SMILES string of the molecule is FC(F)(F)OCCNCC1(CCCl)CC1. The second kappa shape index (κ2) is 5.37. The van der Waals surface area contributed by atoms with Gasteiger partial charge in [0.2, 0.25) is 0 Å². The molecule has 0 saturated heterocycles. The number of halogens is 4. The van der Waals surface area contributed by atoms with Crippen LogP contribution in [0.25, 0.3) is 0 Å². The van der Waals surface area contributed by atoms with Gasteiger partial charge in [0, 0.05) is 19.0 Å². The molecule has 1 aliphatic carbocycles. The lowest BCUT2D eigenvalue weighted by atomic mass is 10.0. The molecule has 0 amide bonds. The van der Waals surface area contributed by atoms with E-state index in [1.807, 2.05) is 0 Å². The first-order valence-electron chi connectivity index (χ1n) is 4.95. The topological polar surface area (TPSA) is 21.3 Å². The Hall–Kier alpha value is 0. The van der Waals surface area contributed by atoms with Crippen molar-refractivity contribution in [3.05, 3.63) is 0 Å². The highest BCUT2D eigenvalue weighted by atomic mass is 35.5. The summed E-state index contributed by atoms with van der Waals surface area (Å²) in [6.45, 7) is 0.630. The Balaban J connectivity index is 1.98. The van der Waals surface area contributed by atoms with E-state index in [0.717, 1.165) is 25.8 Å². The van der Waals surface area contributed by atoms with Crippen molar-refractivity contribution in [3.8, 4) is 0 Å². The van der Waals surface area contributed by atoms with Crippen LogP contribution in [0.3, 0.4) is 0 Å². The van der Waals surface area contributed by atoms with Crippen molar-refractivity contribution in [1.82, 2.24) is 5.32 Å². The molecule has 0 spiro atoms. The Morgan fingerprint density at radius 2 is 2.00 bits per heavy atom. The quantitative estimate of drug-likeness (QED) is 0.550. The molecule has 90 valence electrons. The third kappa shape index (κ3) is 5.58. The average molecular weight is 246 g/mol. The molecule has 0 aromatic carbocycles. The summed E-state index contributed by atoms with van der Waals surface area (Å²) in [7, 11) is 0. The van der Waals surface area contributed by atoms with E-state index >= 15 is 0 Å². The van der Waals surface area contributed by atoms with Crippen molar-refractivity contribution >= 4 is 11.6 Å². The summed E-state index contributed by atoms with van der Waals surface area (Å²) < 4.78 is 38.4. The number of alkyl halides is 4. The summed E-state index contributed by atoms with van der Waals surface area (Å²) in [4.78, 5) is 0. The third-order valence-corrected chi connectivity index (χ3v) is 2.82. The molecule has 15 heavy (non-hydrogen) atoms. The van der Waals surface area contributed by atoms with E-state index in [1.165, 1.54) is 0 Å². The van der Waals surface area contributed by atoms with Crippen LogP contribution in [0.1, 0.15) is 19.3 Å². The second-order valence-electron chi connectivity index (χ2n) is 3.91. The van der Waals surface area contributed by atoms with Crippen molar-refractivity contribution < 1.29 is 17.9 Å². The predicted octanol–water partition coefficient (Wildman–Crippen LogP) is 2.52. The summed E-state index contributed by atoms with van der Waals surface area (Å²) in [6, 6.07) is 0. The molecule has 0 aromatic heterocycles. The van der Waals surface area contributed by atoms with Crippen LogP contribution in [0.5, 0.6) is 0 Å². The van der Waals surface area contributed by atoms with Crippen molar-refractivity contribution in [2.24, 2.45) is 5.41 Å². The molecule has 0 radical (unpaired) electrons. The highest BCUT2D eigenvalue weighted by molar-refractivity contribution is 6.17. The molecule has 1 N–H and O–H groups in total. The molecule has 0 bridgehead atoms. The lowest BCUT2D eigenvalue weighted by Crippen LogP contribution is -2.29. The number of rotatable bonds is 7. The number of hydrogen-bond donors (Lipinski definition) is 1. The van der Waals surface area contributed by atoms with E-state index in [0.29, 0.717) is 5.88 Å². The summed E-state index contributed by atoms with van der Waals surface area (Å²) in [5.41, 5.74) is 0.250. The van der Waals surface area contributed by atoms with Gasteiger partial charge in [-0.05, 0) is 24.7 Å². The minimum Gasteiger partial charge on any atom is -0.314 e. The van der Waals surface area contributed by atoms with Crippen LogP contribution < -0.4 is 5.32 Å². The Kier molecular flexibility index (Phi) is 4.67. The third-order valence-electron chi connectivity index (χ3n) is 2.63. The molecule has 0 heterocycles. The van der Waals surface area contributed by atoms with E-state index in [2.05, 4.69) is 10.1 Å². The van der Waals surface area contributed by atoms with Gasteiger partial charge >= 0.3 is 6.36 Å². The molecule has 6 heteroatoms. The van der Waals surface area contributed by atoms with E-state index in [4.69, 9.17) is 11.6 Å². The minimum atomic E-state index is -4.52. The molecule has 1 fully saturated rings. The lowest BCUT2D eigenvalue weighted by molar-refractivity contribution is -0.323. The first-order chi connectivity index (χ1) is 6.97. The molecular weight excluding hydrogens is 231 g/mol. The van der Waals surface area contributed by atoms with Crippen LogP contribution in [-0.4, -0.2) is 31.9 Å². The fraction of sp³-hybridized carbons (Fsp3) is 1.00. The van der Waals surface area contributed by atoms with E-state index in [-0.39, 0.29) is 18.6 Å². The molecular formula is C9H15ClF3NO. The smallest absolute Gasteiger partial charge is 0.314 e. The van der Waals surface area contributed by atoms with Gasteiger partial charge in [0.15, 0.2) is 0 Å². The lowest BCUT2D eigenvalue weighted by Gasteiger charge is -2.14. The van der Waals surface area contributed by atoms with E-state index in [1.54, 1.807) is 0 Å². The van der Waals surface area contributed by atoms with E-state index in [9.17, 15) is 13.2 Å². The number of ether oxygens (including phenoxy) is 1. The zero-order chi connectivity index (χ0) is 11.4. The Morgan fingerprint density at radius 1 is 1.33 bits per heavy atom. The van der Waals surface area contributed by atoms with Crippen LogP contribution >= 0.6 is 11.6 Å². The summed E-state index contributed by atoms with van der Waals surface area (Å²) in [5, 5.41) is 2.96. The zero-order valence-corrected chi connectivity index (χ0v) is 9.13. The number of hydrogen-bond acceptors (Lipinski definition) is 2. The van der Waals surface area contributed by atoms with Gasteiger partial charge in [-0.3, -0.25) is 4.74 Å². The Morgan fingerprint density at radius 3 is 2.47 bits per heavy atom. The summed E-state index contributed by atoms with van der Waals surface area (Å²) >= 11 is 5.62. The number of nitrogens with one attached hydrogen (secondary N) is 1. The molecule has 0 aromatic rings. The highest BCUT2D eigenvalue weighted by Gasteiger charge is 2.41. The van der Waals surface area contributed by atoms with Crippen molar-refractivity contribution in [1.29, 1.82) is 0 Å². The maximum atomic E-state index is 11.6. The van der Waals surface area contributed by atoms with Gasteiger partial charge in [0.05, 0.1) is 6.61 Å². The van der Waals surface area contributed by atoms with Crippen molar-refractivity contribution in [2.45, 2.75) is 25.6 Å². The minimum absolute atomic E-state index is 0.226. The maximum Gasteiger partial charge on any atom is 0.522 e. The zero-order valence-electron chi connectivity index (χ0n) is 8.37. The average Bonchev–Trinajstić information content (AvgIpc) is 2.83. The van der Waals surface area contributed by atoms with Crippen LogP contribution in [0.2, 0.25) is 0 Å². The molecule has 1 saturated carbocycles. The van der Waals surface area contributed by atoms with Gasteiger partial charge in [0.1, 0.15) is 0 Å². The molecule has 0 unspecified atom stereocenters. The standard InChI is InChI=1S/C9H15ClF3NO/c10-4-3-8(1-2-8)7-14-5-6-15-9(11,12)13/h14H,1-7H2. The van der Waals surface area contributed by atoms with Crippen LogP contribution in [0, 0.1) is 5.41 Å². The van der Waals surface area contributed by atoms with Gasteiger partial charge in [-0.2, -0.15) is 0 Å². The van der Waals surface area contributed by atoms with Gasteiger partial charge in [-0.1, -0.05) is 0 Å². The first-order valence-corrected chi connectivity index (χ1v) is 5.48. The second-order valence-corrected chi connectivity index (χ2v) is 4.29. The van der Waals surface area contributed by atoms with Gasteiger partial charge in [-0.15, -0.1) is 24.8 Å². The van der Waals surface area contributed by atoms with Gasteiger partial charge in [0.25, 0.3) is 0 Å².